The van der Waals surface area contributed by atoms with Crippen molar-refractivity contribution in [3.8, 4) is 0 Å². The Bertz CT molecular complexity index is 374. The molecule has 0 aliphatic heterocycles. The second kappa shape index (κ2) is 6.11. The van der Waals surface area contributed by atoms with Crippen molar-refractivity contribution in [2.24, 2.45) is 5.92 Å². The summed E-state index contributed by atoms with van der Waals surface area (Å²) in [5.41, 5.74) is 0. The lowest BCUT2D eigenvalue weighted by Crippen LogP contribution is -2.25. The van der Waals surface area contributed by atoms with Crippen LogP contribution >= 0.6 is 19.2 Å². The first-order valence-corrected chi connectivity index (χ1v) is 6.34. The van der Waals surface area contributed by atoms with Crippen molar-refractivity contribution in [2.75, 3.05) is 0 Å². The van der Waals surface area contributed by atoms with E-state index in [4.69, 9.17) is 31.6 Å². The van der Waals surface area contributed by atoms with Crippen molar-refractivity contribution in [1.29, 1.82) is 0 Å². The normalized spacial score (nSPS) is 15.0. The molecular formula is C7H10ClO8P. The van der Waals surface area contributed by atoms with Crippen LogP contribution in [-0.4, -0.2) is 42.8 Å². The molecule has 0 amide bonds. The first-order chi connectivity index (χ1) is 7.55. The van der Waals surface area contributed by atoms with Crippen LogP contribution in [0.25, 0.3) is 0 Å². The second-order valence-corrected chi connectivity index (χ2v) is 5.66. The van der Waals surface area contributed by atoms with Gasteiger partial charge in [0.05, 0.1) is 12.3 Å². The molecule has 0 aliphatic carbocycles. The van der Waals surface area contributed by atoms with Crippen molar-refractivity contribution in [2.45, 2.75) is 18.0 Å². The van der Waals surface area contributed by atoms with Crippen molar-refractivity contribution >= 4 is 36.9 Å². The van der Waals surface area contributed by atoms with Crippen molar-refractivity contribution in [1.82, 2.24) is 0 Å². The fourth-order valence-electron chi connectivity index (χ4n) is 0.985. The Labute approximate surface area is 100 Å². The number of ketones is 1. The standard InChI is InChI=1S/C7H10ClO8P/c8-6(17(14,15)16)4(9)1-3(7(12)13)2-5(10)11/h3,6H,1-2H2,(H,10,11)(H,12,13)(H2,14,15,16). The van der Waals surface area contributed by atoms with Gasteiger partial charge in [-0.1, -0.05) is 0 Å². The van der Waals surface area contributed by atoms with Gasteiger partial charge < -0.3 is 20.0 Å². The first kappa shape index (κ1) is 16.1. The highest BCUT2D eigenvalue weighted by Crippen LogP contribution is 2.44. The molecule has 0 radical (unpaired) electrons. The molecule has 2 atom stereocenters. The van der Waals surface area contributed by atoms with Gasteiger partial charge in [0.1, 0.15) is 0 Å². The quantitative estimate of drug-likeness (QED) is 0.373. The summed E-state index contributed by atoms with van der Waals surface area (Å²) in [5, 5.41) is 14.8. The van der Waals surface area contributed by atoms with E-state index in [0.717, 1.165) is 0 Å². The second-order valence-electron chi connectivity index (χ2n) is 3.23. The van der Waals surface area contributed by atoms with Crippen LogP contribution in [0.15, 0.2) is 0 Å². The number of alkyl halides is 1. The predicted octanol–water partition coefficient (Wildman–Crippen LogP) is -0.136. The third-order valence-electron chi connectivity index (χ3n) is 1.78. The van der Waals surface area contributed by atoms with Gasteiger partial charge in [-0.25, -0.2) is 0 Å². The number of carboxylic acids is 2. The van der Waals surface area contributed by atoms with Gasteiger partial charge in [0.25, 0.3) is 0 Å². The lowest BCUT2D eigenvalue weighted by Gasteiger charge is -2.13. The Hall–Kier alpha value is -0.950. The molecule has 0 bridgehead atoms. The van der Waals surface area contributed by atoms with Crippen molar-refractivity contribution in [3.05, 3.63) is 0 Å². The molecule has 0 aromatic carbocycles. The van der Waals surface area contributed by atoms with Gasteiger partial charge in [-0.15, -0.1) is 11.6 Å². The molecule has 0 heterocycles. The van der Waals surface area contributed by atoms with E-state index in [2.05, 4.69) is 0 Å². The Morgan fingerprint density at radius 2 is 1.59 bits per heavy atom. The summed E-state index contributed by atoms with van der Waals surface area (Å²) < 4.78 is 10.6. The Morgan fingerprint density at radius 1 is 1.12 bits per heavy atom. The number of rotatable bonds is 7. The zero-order valence-electron chi connectivity index (χ0n) is 8.32. The number of carbonyl (C=O) groups excluding carboxylic acids is 1. The summed E-state index contributed by atoms with van der Waals surface area (Å²) in [4.78, 5) is 49.3. The Kier molecular flexibility index (Phi) is 5.77. The molecule has 98 valence electrons. The minimum Gasteiger partial charge on any atom is -0.481 e. The molecule has 0 spiro atoms. The maximum atomic E-state index is 11.2. The summed E-state index contributed by atoms with van der Waals surface area (Å²) in [6, 6.07) is 0. The molecule has 2 unspecified atom stereocenters. The Balaban J connectivity index is 4.68. The fourth-order valence-corrected chi connectivity index (χ4v) is 1.55. The number of hydrogen-bond acceptors (Lipinski definition) is 4. The van der Waals surface area contributed by atoms with Crippen LogP contribution in [0.1, 0.15) is 12.8 Å². The van der Waals surface area contributed by atoms with Gasteiger partial charge in [-0.2, -0.15) is 0 Å². The number of halogens is 1. The van der Waals surface area contributed by atoms with Gasteiger partial charge in [0, 0.05) is 6.42 Å². The van der Waals surface area contributed by atoms with Gasteiger partial charge >= 0.3 is 19.5 Å². The van der Waals surface area contributed by atoms with Crippen LogP contribution in [-0.2, 0) is 18.9 Å². The van der Waals surface area contributed by atoms with Crippen molar-refractivity contribution < 1.29 is 38.9 Å². The van der Waals surface area contributed by atoms with Crippen LogP contribution in [0.3, 0.4) is 0 Å². The summed E-state index contributed by atoms with van der Waals surface area (Å²) in [7, 11) is -4.86. The van der Waals surface area contributed by atoms with Crippen LogP contribution in [0.5, 0.6) is 0 Å². The average molecular weight is 289 g/mol. The van der Waals surface area contributed by atoms with E-state index in [9.17, 15) is 18.9 Å². The molecule has 0 aromatic rings. The highest BCUT2D eigenvalue weighted by molar-refractivity contribution is 7.55. The minimum atomic E-state index is -4.86. The van der Waals surface area contributed by atoms with E-state index >= 15 is 0 Å². The Morgan fingerprint density at radius 3 is 1.88 bits per heavy atom. The fraction of sp³-hybridized carbons (Fsp3) is 0.571. The molecular weight excluding hydrogens is 278 g/mol. The maximum absolute atomic E-state index is 11.2. The van der Waals surface area contributed by atoms with E-state index in [1.807, 2.05) is 0 Å². The average Bonchev–Trinajstić information content (AvgIpc) is 2.13. The van der Waals surface area contributed by atoms with E-state index in [1.54, 1.807) is 0 Å². The third-order valence-corrected chi connectivity index (χ3v) is 3.66. The third kappa shape index (κ3) is 5.78. The summed E-state index contributed by atoms with van der Waals surface area (Å²) in [5.74, 6) is -5.75. The van der Waals surface area contributed by atoms with E-state index in [1.165, 1.54) is 0 Å². The van der Waals surface area contributed by atoms with Gasteiger partial charge in [0.2, 0.25) is 0 Å². The molecule has 0 aromatic heterocycles. The summed E-state index contributed by atoms with van der Waals surface area (Å²) in [6.45, 7) is 0. The molecule has 17 heavy (non-hydrogen) atoms. The van der Waals surface area contributed by atoms with E-state index < -0.39 is 49.2 Å². The monoisotopic (exact) mass is 288 g/mol. The highest BCUT2D eigenvalue weighted by Gasteiger charge is 2.36. The molecule has 0 saturated heterocycles. The lowest BCUT2D eigenvalue weighted by molar-refractivity contribution is -0.149. The molecule has 0 rings (SSSR count). The molecule has 4 N–H and O–H groups in total. The molecule has 10 heteroatoms. The van der Waals surface area contributed by atoms with Crippen LogP contribution in [0.2, 0.25) is 0 Å². The summed E-state index contributed by atoms with van der Waals surface area (Å²) >= 11 is 5.14. The lowest BCUT2D eigenvalue weighted by atomic mass is 9.99. The number of carbonyl (C=O) groups is 3. The zero-order valence-corrected chi connectivity index (χ0v) is 9.97. The molecule has 8 nitrogen and oxygen atoms in total. The largest absolute Gasteiger partial charge is 0.481 e. The van der Waals surface area contributed by atoms with Crippen LogP contribution in [0, 0.1) is 5.92 Å². The number of hydrogen-bond donors (Lipinski definition) is 4. The SMILES string of the molecule is O=C(O)CC(CC(=O)C(Cl)P(=O)(O)O)C(=O)O. The van der Waals surface area contributed by atoms with Crippen molar-refractivity contribution in [3.63, 3.8) is 0 Å². The van der Waals surface area contributed by atoms with Crippen LogP contribution in [0.4, 0.5) is 0 Å². The predicted molar refractivity (Wildman–Crippen MR) is 54.7 cm³/mol. The highest BCUT2D eigenvalue weighted by atomic mass is 35.5. The number of Topliss-reactive ketones (excluding diaryl/α,β-unsaturated/α-hetero) is 1. The molecule has 0 saturated carbocycles. The summed E-state index contributed by atoms with van der Waals surface area (Å²) in [6.07, 6.45) is -1.67. The van der Waals surface area contributed by atoms with Gasteiger partial charge in [-0.05, 0) is 0 Å². The van der Waals surface area contributed by atoms with Crippen LogP contribution < -0.4 is 0 Å². The van der Waals surface area contributed by atoms with E-state index in [0.29, 0.717) is 0 Å². The zero-order chi connectivity index (χ0) is 13.8. The van der Waals surface area contributed by atoms with Gasteiger partial charge in [0.15, 0.2) is 10.9 Å². The minimum absolute atomic E-state index is 0.828. The van der Waals surface area contributed by atoms with Gasteiger partial charge in [-0.3, -0.25) is 18.9 Å². The van der Waals surface area contributed by atoms with E-state index in [-0.39, 0.29) is 0 Å². The number of carboxylic acid groups (broad SMARTS) is 2. The topological polar surface area (TPSA) is 149 Å². The smallest absolute Gasteiger partial charge is 0.350 e. The molecule has 0 aliphatic rings. The number of aliphatic carboxylic acids is 2. The first-order valence-electron chi connectivity index (χ1n) is 4.22. The molecule has 0 fully saturated rings. The maximum Gasteiger partial charge on any atom is 0.350 e.